The average molecular weight is 230 g/mol. The van der Waals surface area contributed by atoms with Gasteiger partial charge in [-0.1, -0.05) is 44.2 Å². The van der Waals surface area contributed by atoms with Gasteiger partial charge in [0.25, 0.3) is 5.56 Å². The number of aromatic hydroxyl groups is 1. The molecule has 2 aromatic rings. The summed E-state index contributed by atoms with van der Waals surface area (Å²) in [4.78, 5) is 18.5. The first-order valence-corrected chi connectivity index (χ1v) is 5.48. The van der Waals surface area contributed by atoms with Gasteiger partial charge in [0.1, 0.15) is 5.82 Å². The van der Waals surface area contributed by atoms with Crippen LogP contribution in [0, 0.1) is 0 Å². The van der Waals surface area contributed by atoms with Gasteiger partial charge in [-0.25, -0.2) is 0 Å². The van der Waals surface area contributed by atoms with E-state index in [2.05, 4.69) is 9.97 Å². The van der Waals surface area contributed by atoms with E-state index in [1.54, 1.807) is 0 Å². The molecule has 0 radical (unpaired) electrons. The van der Waals surface area contributed by atoms with Gasteiger partial charge in [0, 0.05) is 5.56 Å². The van der Waals surface area contributed by atoms with E-state index in [0.717, 1.165) is 5.56 Å². The van der Waals surface area contributed by atoms with E-state index in [4.69, 9.17) is 0 Å². The number of aromatic nitrogens is 2. The average Bonchev–Trinajstić information content (AvgIpc) is 2.28. The molecule has 0 fully saturated rings. The molecule has 0 amide bonds. The largest absolute Gasteiger partial charge is 0.493 e. The molecule has 2 rings (SSSR count). The molecule has 0 aliphatic carbocycles. The minimum atomic E-state index is -0.286. The van der Waals surface area contributed by atoms with Crippen LogP contribution in [0.5, 0.6) is 5.88 Å². The zero-order valence-electron chi connectivity index (χ0n) is 9.77. The molecule has 88 valence electrons. The maximum absolute atomic E-state index is 11.8. The fourth-order valence-corrected chi connectivity index (χ4v) is 1.72. The van der Waals surface area contributed by atoms with E-state index in [1.807, 2.05) is 44.2 Å². The van der Waals surface area contributed by atoms with Gasteiger partial charge in [0.2, 0.25) is 5.88 Å². The van der Waals surface area contributed by atoms with Crippen LogP contribution < -0.4 is 5.56 Å². The minimum absolute atomic E-state index is 0.0592. The van der Waals surface area contributed by atoms with Gasteiger partial charge >= 0.3 is 0 Å². The number of nitrogens with one attached hydrogen (secondary N) is 1. The molecule has 0 spiro atoms. The third-order valence-corrected chi connectivity index (χ3v) is 2.56. The monoisotopic (exact) mass is 230 g/mol. The topological polar surface area (TPSA) is 66.0 Å². The summed E-state index contributed by atoms with van der Waals surface area (Å²) in [5, 5.41) is 9.77. The molecule has 1 aromatic carbocycles. The molecule has 4 nitrogen and oxygen atoms in total. The Hall–Kier alpha value is -2.10. The molecule has 0 saturated carbocycles. The predicted octanol–water partition coefficient (Wildman–Crippen LogP) is 2.27. The Morgan fingerprint density at radius 3 is 2.41 bits per heavy atom. The van der Waals surface area contributed by atoms with Crippen molar-refractivity contribution in [2.45, 2.75) is 19.8 Å². The lowest BCUT2D eigenvalue weighted by molar-refractivity contribution is 0.440. The lowest BCUT2D eigenvalue weighted by Gasteiger charge is -2.08. The van der Waals surface area contributed by atoms with Crippen molar-refractivity contribution >= 4 is 0 Å². The Labute approximate surface area is 99.0 Å². The Morgan fingerprint density at radius 2 is 1.88 bits per heavy atom. The second-order valence-electron chi connectivity index (χ2n) is 4.17. The number of hydrogen-bond donors (Lipinski definition) is 2. The van der Waals surface area contributed by atoms with Gasteiger partial charge in [-0.15, -0.1) is 0 Å². The van der Waals surface area contributed by atoms with Crippen LogP contribution in [0.15, 0.2) is 35.1 Å². The number of nitrogens with zero attached hydrogens (tertiary/aromatic N) is 1. The summed E-state index contributed by atoms with van der Waals surface area (Å²) >= 11 is 0. The Bertz CT molecular complexity index is 574. The second-order valence-corrected chi connectivity index (χ2v) is 4.17. The van der Waals surface area contributed by atoms with Crippen molar-refractivity contribution in [2.24, 2.45) is 0 Å². The Kier molecular flexibility index (Phi) is 2.95. The van der Waals surface area contributed by atoms with Crippen molar-refractivity contribution in [3.8, 4) is 17.3 Å². The zero-order chi connectivity index (χ0) is 12.4. The summed E-state index contributed by atoms with van der Waals surface area (Å²) in [6.45, 7) is 3.68. The molecule has 2 N–H and O–H groups in total. The van der Waals surface area contributed by atoms with Gasteiger partial charge < -0.3 is 10.1 Å². The maximum atomic E-state index is 11.8. The molecule has 0 aliphatic heterocycles. The number of aromatic amines is 1. The molecule has 0 atom stereocenters. The van der Waals surface area contributed by atoms with E-state index in [1.165, 1.54) is 0 Å². The van der Waals surface area contributed by atoms with E-state index >= 15 is 0 Å². The van der Waals surface area contributed by atoms with Crippen LogP contribution in [0.25, 0.3) is 11.4 Å². The smallest absolute Gasteiger partial charge is 0.258 e. The van der Waals surface area contributed by atoms with Gasteiger partial charge in [0.05, 0.1) is 5.56 Å². The van der Waals surface area contributed by atoms with E-state index < -0.39 is 0 Å². The van der Waals surface area contributed by atoms with Crippen LogP contribution in [0.1, 0.15) is 25.3 Å². The fraction of sp³-hybridized carbons (Fsp3) is 0.231. The van der Waals surface area contributed by atoms with E-state index in [0.29, 0.717) is 11.4 Å². The lowest BCUT2D eigenvalue weighted by Crippen LogP contribution is -2.16. The van der Waals surface area contributed by atoms with Crippen LogP contribution >= 0.6 is 0 Å². The first-order valence-electron chi connectivity index (χ1n) is 5.48. The summed E-state index contributed by atoms with van der Waals surface area (Å²) in [6.07, 6.45) is 0. The molecule has 0 aliphatic rings. The van der Waals surface area contributed by atoms with Gasteiger partial charge in [-0.2, -0.15) is 4.98 Å². The maximum Gasteiger partial charge on any atom is 0.258 e. The van der Waals surface area contributed by atoms with E-state index in [9.17, 15) is 9.90 Å². The number of hydrogen-bond acceptors (Lipinski definition) is 3. The van der Waals surface area contributed by atoms with Crippen molar-refractivity contribution < 1.29 is 5.11 Å². The SMILES string of the molecule is CC(C)c1c(O)nc(-c2ccccc2)[nH]c1=O. The molecule has 0 unspecified atom stereocenters. The second kappa shape index (κ2) is 4.41. The van der Waals surface area contributed by atoms with Crippen molar-refractivity contribution in [3.63, 3.8) is 0 Å². The zero-order valence-corrected chi connectivity index (χ0v) is 9.77. The van der Waals surface area contributed by atoms with Gasteiger partial charge in [0.15, 0.2) is 0 Å². The molecule has 0 bridgehead atoms. The third-order valence-electron chi connectivity index (χ3n) is 2.56. The third kappa shape index (κ3) is 2.20. The first-order chi connectivity index (χ1) is 8.09. The highest BCUT2D eigenvalue weighted by Crippen LogP contribution is 2.21. The lowest BCUT2D eigenvalue weighted by atomic mass is 10.1. The molecule has 0 saturated heterocycles. The normalized spacial score (nSPS) is 10.8. The highest BCUT2D eigenvalue weighted by atomic mass is 16.3. The Morgan fingerprint density at radius 1 is 1.24 bits per heavy atom. The minimum Gasteiger partial charge on any atom is -0.493 e. The Balaban J connectivity index is 2.58. The molecular formula is C13H14N2O2. The fourth-order valence-electron chi connectivity index (χ4n) is 1.72. The number of rotatable bonds is 2. The van der Waals surface area contributed by atoms with Crippen LogP contribution in [-0.2, 0) is 0 Å². The van der Waals surface area contributed by atoms with Crippen LogP contribution in [0.2, 0.25) is 0 Å². The summed E-state index contributed by atoms with van der Waals surface area (Å²) in [6, 6.07) is 9.23. The molecule has 4 heteroatoms. The summed E-state index contributed by atoms with van der Waals surface area (Å²) in [5.41, 5.74) is 0.811. The van der Waals surface area contributed by atoms with Crippen LogP contribution in [0.3, 0.4) is 0 Å². The number of H-pyrrole nitrogens is 1. The quantitative estimate of drug-likeness (QED) is 0.831. The predicted molar refractivity (Wildman–Crippen MR) is 66.0 cm³/mol. The molecular weight excluding hydrogens is 216 g/mol. The number of benzene rings is 1. The van der Waals surface area contributed by atoms with E-state index in [-0.39, 0.29) is 17.4 Å². The highest BCUT2D eigenvalue weighted by Gasteiger charge is 2.14. The molecule has 1 aromatic heterocycles. The standard InChI is InChI=1S/C13H14N2O2/c1-8(2)10-12(16)14-11(15-13(10)17)9-6-4-3-5-7-9/h3-8H,1-2H3,(H2,14,15,16,17). The van der Waals surface area contributed by atoms with Gasteiger partial charge in [-0.05, 0) is 5.92 Å². The van der Waals surface area contributed by atoms with Crippen molar-refractivity contribution in [1.29, 1.82) is 0 Å². The van der Waals surface area contributed by atoms with Crippen molar-refractivity contribution in [1.82, 2.24) is 9.97 Å². The summed E-state index contributed by atoms with van der Waals surface area (Å²) in [7, 11) is 0. The van der Waals surface area contributed by atoms with Crippen LogP contribution in [-0.4, -0.2) is 15.1 Å². The van der Waals surface area contributed by atoms with Crippen LogP contribution in [0.4, 0.5) is 0 Å². The first kappa shape index (κ1) is 11.4. The highest BCUT2D eigenvalue weighted by molar-refractivity contribution is 5.55. The van der Waals surface area contributed by atoms with Crippen molar-refractivity contribution in [2.75, 3.05) is 0 Å². The molecule has 17 heavy (non-hydrogen) atoms. The summed E-state index contributed by atoms with van der Waals surface area (Å²) < 4.78 is 0. The summed E-state index contributed by atoms with van der Waals surface area (Å²) in [5.74, 6) is 0.135. The van der Waals surface area contributed by atoms with Crippen molar-refractivity contribution in [3.05, 3.63) is 46.2 Å². The van der Waals surface area contributed by atoms with Gasteiger partial charge in [-0.3, -0.25) is 4.79 Å². The molecule has 1 heterocycles.